The van der Waals surface area contributed by atoms with Crippen LogP contribution in [-0.4, -0.2) is 0 Å². The zero-order valence-corrected chi connectivity index (χ0v) is 28.0. The van der Waals surface area contributed by atoms with Gasteiger partial charge >= 0.3 is 0 Å². The molecule has 39 heavy (non-hydrogen) atoms. The quantitative estimate of drug-likeness (QED) is 0.0692. The van der Waals surface area contributed by atoms with Crippen LogP contribution in [0.15, 0.2) is 0 Å². The predicted octanol–water partition coefficient (Wildman–Crippen LogP) is 15.1. The average Bonchev–Trinajstić information content (AvgIpc) is 2.95. The lowest BCUT2D eigenvalue weighted by Crippen LogP contribution is -2.01. The molecule has 0 aliphatic heterocycles. The molecular formula is C39H79. The number of hydrogen-bond donors (Lipinski definition) is 0. The third-order valence-corrected chi connectivity index (χ3v) is 9.29. The van der Waals surface area contributed by atoms with Crippen LogP contribution in [0.1, 0.15) is 239 Å². The van der Waals surface area contributed by atoms with Gasteiger partial charge in [-0.15, -0.1) is 0 Å². The maximum atomic E-state index is 4.04. The van der Waals surface area contributed by atoms with Gasteiger partial charge in [0.25, 0.3) is 0 Å². The molecule has 0 saturated heterocycles. The molecule has 1 unspecified atom stereocenters. The van der Waals surface area contributed by atoms with Crippen molar-refractivity contribution in [2.75, 3.05) is 0 Å². The van der Waals surface area contributed by atoms with Gasteiger partial charge in [-0.05, 0) is 5.92 Å². The van der Waals surface area contributed by atoms with E-state index < -0.39 is 0 Å². The summed E-state index contributed by atoms with van der Waals surface area (Å²) in [6, 6.07) is 0. The van der Waals surface area contributed by atoms with E-state index in [0.29, 0.717) is 0 Å². The van der Waals surface area contributed by atoms with E-state index in [-0.39, 0.29) is 0 Å². The average molecular weight is 548 g/mol. The van der Waals surface area contributed by atoms with E-state index in [2.05, 4.69) is 20.8 Å². The first-order valence-electron chi connectivity index (χ1n) is 19.1. The summed E-state index contributed by atoms with van der Waals surface area (Å²) in [6.45, 7) is 8.67. The van der Waals surface area contributed by atoms with Gasteiger partial charge in [-0.1, -0.05) is 245 Å². The minimum Gasteiger partial charge on any atom is -0.0654 e. The van der Waals surface area contributed by atoms with Crippen molar-refractivity contribution in [2.24, 2.45) is 5.92 Å². The van der Waals surface area contributed by atoms with Gasteiger partial charge in [0.2, 0.25) is 0 Å². The summed E-state index contributed by atoms with van der Waals surface area (Å²) in [5, 5.41) is 0. The van der Waals surface area contributed by atoms with Gasteiger partial charge in [-0.25, -0.2) is 0 Å². The van der Waals surface area contributed by atoms with Crippen molar-refractivity contribution in [3.05, 3.63) is 6.92 Å². The van der Waals surface area contributed by atoms with Gasteiger partial charge in [0.1, 0.15) is 0 Å². The number of rotatable bonds is 35. The van der Waals surface area contributed by atoms with Gasteiger partial charge in [0.15, 0.2) is 0 Å². The van der Waals surface area contributed by atoms with E-state index in [9.17, 15) is 0 Å². The fourth-order valence-corrected chi connectivity index (χ4v) is 6.47. The third kappa shape index (κ3) is 34.1. The van der Waals surface area contributed by atoms with Crippen LogP contribution in [0.5, 0.6) is 0 Å². The van der Waals surface area contributed by atoms with E-state index in [1.807, 2.05) is 0 Å². The molecule has 235 valence electrons. The summed E-state index contributed by atoms with van der Waals surface area (Å²) in [5.41, 5.74) is 0. The Labute approximate surface area is 251 Å². The van der Waals surface area contributed by atoms with Crippen molar-refractivity contribution < 1.29 is 0 Å². The first-order valence-corrected chi connectivity index (χ1v) is 19.1. The number of unbranched alkanes of at least 4 members (excludes halogenated alkanes) is 29. The highest BCUT2D eigenvalue weighted by molar-refractivity contribution is 4.62. The van der Waals surface area contributed by atoms with Crippen molar-refractivity contribution in [1.82, 2.24) is 0 Å². The molecule has 1 atom stereocenters. The summed E-state index contributed by atoms with van der Waals surface area (Å²) in [4.78, 5) is 0. The van der Waals surface area contributed by atoms with Crippen molar-refractivity contribution in [3.63, 3.8) is 0 Å². The molecule has 0 fully saturated rings. The fourth-order valence-electron chi connectivity index (χ4n) is 6.47. The monoisotopic (exact) mass is 548 g/mol. The van der Waals surface area contributed by atoms with Crippen molar-refractivity contribution in [3.8, 4) is 0 Å². The van der Waals surface area contributed by atoms with Crippen LogP contribution in [0.3, 0.4) is 0 Å². The van der Waals surface area contributed by atoms with Crippen LogP contribution in [0, 0.1) is 12.8 Å². The van der Waals surface area contributed by atoms with E-state index in [1.54, 1.807) is 0 Å². The Morgan fingerprint density at radius 2 is 0.487 bits per heavy atom. The second-order valence-corrected chi connectivity index (χ2v) is 13.3. The third-order valence-electron chi connectivity index (χ3n) is 9.29. The number of hydrogen-bond acceptors (Lipinski definition) is 0. The predicted molar refractivity (Wildman–Crippen MR) is 182 cm³/mol. The minimum absolute atomic E-state index is 1.02. The van der Waals surface area contributed by atoms with Crippen molar-refractivity contribution in [2.45, 2.75) is 239 Å². The van der Waals surface area contributed by atoms with Gasteiger partial charge in [0, 0.05) is 0 Å². The Balaban J connectivity index is 3.62. The summed E-state index contributed by atoms with van der Waals surface area (Å²) in [6.07, 6.45) is 51.2. The highest BCUT2D eigenvalue weighted by atomic mass is 14.1. The smallest absolute Gasteiger partial charge is 0.0414 e. The van der Waals surface area contributed by atoms with Crippen LogP contribution in [0.4, 0.5) is 0 Å². The van der Waals surface area contributed by atoms with Gasteiger partial charge in [-0.2, -0.15) is 0 Å². The first-order chi connectivity index (χ1) is 19.3. The Morgan fingerprint density at radius 3 is 0.718 bits per heavy atom. The fraction of sp³-hybridized carbons (Fsp3) is 0.974. The van der Waals surface area contributed by atoms with Gasteiger partial charge in [-0.3, -0.25) is 0 Å². The molecular weight excluding hydrogens is 468 g/mol. The van der Waals surface area contributed by atoms with Crippen LogP contribution in [0.25, 0.3) is 0 Å². The largest absolute Gasteiger partial charge is 0.0654 e. The summed E-state index contributed by atoms with van der Waals surface area (Å²) in [5.74, 6) is 1.02. The molecule has 1 radical (unpaired) electrons. The maximum Gasteiger partial charge on any atom is -0.0414 e. The SMILES string of the molecule is [CH2]CCCCCC(CCCCCCCCCCCCCCC)CCCCCCCCCCCCCCCCC. The normalized spacial score (nSPS) is 12.4. The molecule has 0 amide bonds. The molecule has 0 heterocycles. The molecule has 0 saturated carbocycles. The first kappa shape index (κ1) is 39.0. The summed E-state index contributed by atoms with van der Waals surface area (Å²) < 4.78 is 0. The molecule has 0 bridgehead atoms. The van der Waals surface area contributed by atoms with Gasteiger partial charge < -0.3 is 0 Å². The molecule has 0 aliphatic rings. The van der Waals surface area contributed by atoms with Crippen LogP contribution in [0.2, 0.25) is 0 Å². The van der Waals surface area contributed by atoms with E-state index >= 15 is 0 Å². The summed E-state index contributed by atoms with van der Waals surface area (Å²) >= 11 is 0. The topological polar surface area (TPSA) is 0 Å². The second-order valence-electron chi connectivity index (χ2n) is 13.3. The van der Waals surface area contributed by atoms with Gasteiger partial charge in [0.05, 0.1) is 0 Å². The molecule has 0 aromatic heterocycles. The zero-order chi connectivity index (χ0) is 28.3. The molecule has 0 aromatic rings. The molecule has 0 spiro atoms. The highest BCUT2D eigenvalue weighted by Crippen LogP contribution is 2.25. The zero-order valence-electron chi connectivity index (χ0n) is 28.0. The molecule has 0 rings (SSSR count). The lowest BCUT2D eigenvalue weighted by atomic mass is 9.89. The molecule has 0 aliphatic carbocycles. The highest BCUT2D eigenvalue weighted by Gasteiger charge is 2.08. The Bertz CT molecular complexity index is 399. The summed E-state index contributed by atoms with van der Waals surface area (Å²) in [7, 11) is 0. The van der Waals surface area contributed by atoms with E-state index in [4.69, 9.17) is 0 Å². The minimum atomic E-state index is 1.02. The lowest BCUT2D eigenvalue weighted by Gasteiger charge is -2.17. The molecule has 0 N–H and O–H groups in total. The van der Waals surface area contributed by atoms with E-state index in [1.165, 1.54) is 218 Å². The lowest BCUT2D eigenvalue weighted by molar-refractivity contribution is 0.366. The van der Waals surface area contributed by atoms with Crippen LogP contribution < -0.4 is 0 Å². The van der Waals surface area contributed by atoms with E-state index in [0.717, 1.165) is 12.3 Å². The van der Waals surface area contributed by atoms with Crippen molar-refractivity contribution in [1.29, 1.82) is 0 Å². The Kier molecular flexibility index (Phi) is 36.0. The van der Waals surface area contributed by atoms with Crippen LogP contribution in [-0.2, 0) is 0 Å². The molecule has 0 heteroatoms. The maximum absolute atomic E-state index is 4.04. The second kappa shape index (κ2) is 36.0. The Morgan fingerprint density at radius 1 is 0.282 bits per heavy atom. The van der Waals surface area contributed by atoms with Crippen molar-refractivity contribution >= 4 is 0 Å². The Hall–Kier alpha value is 0. The standard InChI is InChI=1S/C39H79/c1-4-7-10-13-15-17-19-21-22-24-26-28-30-32-35-38-39(36-33-12-9-6-3)37-34-31-29-27-25-23-20-18-16-14-11-8-5-2/h39H,3-38H2,1-2H3. The molecule has 0 nitrogen and oxygen atoms in total. The molecule has 0 aromatic carbocycles. The van der Waals surface area contributed by atoms with Crippen LogP contribution >= 0.6 is 0 Å².